The Morgan fingerprint density at radius 2 is 1.73 bits per heavy atom. The van der Waals surface area contributed by atoms with Crippen molar-refractivity contribution < 1.29 is 9.21 Å². The third-order valence-electron chi connectivity index (χ3n) is 5.63. The maximum absolute atomic E-state index is 12.2. The third-order valence-corrected chi connectivity index (χ3v) is 5.83. The van der Waals surface area contributed by atoms with Crippen molar-refractivity contribution in [2.75, 3.05) is 42.9 Å². The van der Waals surface area contributed by atoms with Crippen LogP contribution in [0.3, 0.4) is 0 Å². The molecule has 170 valence electrons. The Hall–Kier alpha value is -3.42. The minimum Gasteiger partial charge on any atom is -0.457 e. The highest BCUT2D eigenvalue weighted by atomic mass is 32.1. The molecule has 3 aromatic rings. The second-order valence-electron chi connectivity index (χ2n) is 7.81. The third kappa shape index (κ3) is 6.31. The second kappa shape index (κ2) is 10.9. The lowest BCUT2D eigenvalue weighted by Gasteiger charge is -2.35. The molecular formula is C26H28N4O2S. The summed E-state index contributed by atoms with van der Waals surface area (Å²) in [7, 11) is 0. The van der Waals surface area contributed by atoms with Crippen LogP contribution in [0, 0.1) is 0 Å². The molecule has 2 heterocycles. The Bertz CT molecular complexity index is 1100. The van der Waals surface area contributed by atoms with Crippen LogP contribution >= 0.6 is 12.2 Å². The first-order chi connectivity index (χ1) is 16.1. The summed E-state index contributed by atoms with van der Waals surface area (Å²) in [6, 6.07) is 21.6. The van der Waals surface area contributed by atoms with Crippen molar-refractivity contribution in [1.82, 2.24) is 10.2 Å². The van der Waals surface area contributed by atoms with Gasteiger partial charge in [0.1, 0.15) is 11.5 Å². The highest BCUT2D eigenvalue weighted by Gasteiger charge is 2.15. The number of piperazine rings is 1. The molecule has 0 saturated carbocycles. The number of furan rings is 1. The van der Waals surface area contributed by atoms with Crippen LogP contribution in [-0.4, -0.2) is 48.6 Å². The van der Waals surface area contributed by atoms with E-state index in [1.54, 1.807) is 6.08 Å². The zero-order chi connectivity index (χ0) is 23.0. The fraction of sp³-hybridized carbons (Fsp3) is 0.231. The number of thiocarbonyl (C=S) groups is 1. The van der Waals surface area contributed by atoms with E-state index in [-0.39, 0.29) is 11.0 Å². The van der Waals surface area contributed by atoms with E-state index in [0.717, 1.165) is 49.7 Å². The molecule has 0 bridgehead atoms. The summed E-state index contributed by atoms with van der Waals surface area (Å²) >= 11 is 5.28. The average molecular weight is 461 g/mol. The smallest absolute Gasteiger partial charge is 0.250 e. The predicted molar refractivity (Wildman–Crippen MR) is 138 cm³/mol. The SMILES string of the molecule is CCN1CCN(c2ccc(NC(=S)NC(=O)/C=C/c3ccc(-c4ccccc4)o3)cc2)CC1. The maximum atomic E-state index is 12.2. The highest BCUT2D eigenvalue weighted by Crippen LogP contribution is 2.22. The second-order valence-corrected chi connectivity index (χ2v) is 8.22. The fourth-order valence-corrected chi connectivity index (χ4v) is 3.97. The van der Waals surface area contributed by atoms with E-state index in [0.29, 0.717) is 5.76 Å². The van der Waals surface area contributed by atoms with Gasteiger partial charge < -0.3 is 19.5 Å². The number of rotatable bonds is 6. The van der Waals surface area contributed by atoms with Gasteiger partial charge >= 0.3 is 0 Å². The van der Waals surface area contributed by atoms with Gasteiger partial charge in [0.05, 0.1) is 0 Å². The summed E-state index contributed by atoms with van der Waals surface area (Å²) in [5.74, 6) is 1.03. The number of amides is 1. The zero-order valence-corrected chi connectivity index (χ0v) is 19.5. The topological polar surface area (TPSA) is 60.8 Å². The molecule has 33 heavy (non-hydrogen) atoms. The molecule has 0 atom stereocenters. The molecule has 1 amide bonds. The molecule has 1 aliphatic heterocycles. The molecular weight excluding hydrogens is 432 g/mol. The molecule has 7 heteroatoms. The van der Waals surface area contributed by atoms with E-state index in [1.807, 2.05) is 54.6 Å². The molecule has 1 aromatic heterocycles. The van der Waals surface area contributed by atoms with Gasteiger partial charge in [-0.05, 0) is 61.2 Å². The van der Waals surface area contributed by atoms with Crippen molar-refractivity contribution >= 4 is 40.7 Å². The summed E-state index contributed by atoms with van der Waals surface area (Å²) in [6.07, 6.45) is 3.03. The van der Waals surface area contributed by atoms with E-state index in [9.17, 15) is 4.79 Å². The molecule has 1 aliphatic rings. The van der Waals surface area contributed by atoms with Crippen LogP contribution in [0.1, 0.15) is 12.7 Å². The highest BCUT2D eigenvalue weighted by molar-refractivity contribution is 7.80. The molecule has 2 aromatic carbocycles. The summed E-state index contributed by atoms with van der Waals surface area (Å²) in [4.78, 5) is 17.1. The van der Waals surface area contributed by atoms with Crippen LogP contribution in [0.5, 0.6) is 0 Å². The summed E-state index contributed by atoms with van der Waals surface area (Å²) < 4.78 is 5.77. The Morgan fingerprint density at radius 3 is 2.42 bits per heavy atom. The van der Waals surface area contributed by atoms with E-state index in [2.05, 4.69) is 39.5 Å². The number of nitrogens with zero attached hydrogens (tertiary/aromatic N) is 2. The van der Waals surface area contributed by atoms with Crippen molar-refractivity contribution in [3.63, 3.8) is 0 Å². The quantitative estimate of drug-likeness (QED) is 0.414. The molecule has 1 fully saturated rings. The Labute approximate surface area is 199 Å². The summed E-state index contributed by atoms with van der Waals surface area (Å²) in [6.45, 7) is 7.54. The predicted octanol–water partition coefficient (Wildman–Crippen LogP) is 4.61. The lowest BCUT2D eigenvalue weighted by Crippen LogP contribution is -2.46. The van der Waals surface area contributed by atoms with Gasteiger partial charge in [-0.2, -0.15) is 0 Å². The van der Waals surface area contributed by atoms with Crippen LogP contribution in [0.15, 0.2) is 77.2 Å². The summed E-state index contributed by atoms with van der Waals surface area (Å²) in [5.41, 5.74) is 3.02. The number of benzene rings is 2. The van der Waals surface area contributed by atoms with Gasteiger partial charge in [0, 0.05) is 49.2 Å². The molecule has 0 radical (unpaired) electrons. The van der Waals surface area contributed by atoms with Gasteiger partial charge in [-0.25, -0.2) is 0 Å². The largest absolute Gasteiger partial charge is 0.457 e. The van der Waals surface area contributed by atoms with Gasteiger partial charge in [-0.1, -0.05) is 37.3 Å². The number of likely N-dealkylation sites (N-methyl/N-ethyl adjacent to an activating group) is 1. The Morgan fingerprint density at radius 1 is 1.00 bits per heavy atom. The van der Waals surface area contributed by atoms with Crippen LogP contribution < -0.4 is 15.5 Å². The number of hydrogen-bond donors (Lipinski definition) is 2. The Balaban J connectivity index is 1.25. The van der Waals surface area contributed by atoms with E-state index in [1.165, 1.54) is 11.8 Å². The number of carbonyl (C=O) groups is 1. The molecule has 0 unspecified atom stereocenters. The molecule has 6 nitrogen and oxygen atoms in total. The van der Waals surface area contributed by atoms with Crippen LogP contribution in [0.4, 0.5) is 11.4 Å². The van der Waals surface area contributed by atoms with Crippen molar-refractivity contribution in [2.24, 2.45) is 0 Å². The first kappa shape index (κ1) is 22.8. The van der Waals surface area contributed by atoms with Crippen LogP contribution in [-0.2, 0) is 4.79 Å². The summed E-state index contributed by atoms with van der Waals surface area (Å²) in [5, 5.41) is 5.97. The zero-order valence-electron chi connectivity index (χ0n) is 18.7. The van der Waals surface area contributed by atoms with E-state index < -0.39 is 0 Å². The van der Waals surface area contributed by atoms with Crippen molar-refractivity contribution in [3.8, 4) is 11.3 Å². The maximum Gasteiger partial charge on any atom is 0.250 e. The normalized spacial score (nSPS) is 14.4. The van der Waals surface area contributed by atoms with Crippen molar-refractivity contribution in [1.29, 1.82) is 0 Å². The molecule has 2 N–H and O–H groups in total. The van der Waals surface area contributed by atoms with Gasteiger partial charge in [-0.15, -0.1) is 0 Å². The van der Waals surface area contributed by atoms with Crippen molar-refractivity contribution in [3.05, 3.63) is 78.6 Å². The fourth-order valence-electron chi connectivity index (χ4n) is 3.75. The molecule has 0 aliphatic carbocycles. The Kier molecular flexibility index (Phi) is 7.55. The lowest BCUT2D eigenvalue weighted by molar-refractivity contribution is -0.115. The first-order valence-electron chi connectivity index (χ1n) is 11.1. The molecule has 4 rings (SSSR count). The first-order valence-corrected chi connectivity index (χ1v) is 11.5. The minimum absolute atomic E-state index is 0.248. The van der Waals surface area contributed by atoms with E-state index in [4.69, 9.17) is 16.6 Å². The van der Waals surface area contributed by atoms with Crippen LogP contribution in [0.25, 0.3) is 17.4 Å². The number of hydrogen-bond acceptors (Lipinski definition) is 5. The van der Waals surface area contributed by atoms with Gasteiger partial charge in [0.2, 0.25) is 5.91 Å². The van der Waals surface area contributed by atoms with Gasteiger partial charge in [-0.3, -0.25) is 10.1 Å². The number of anilines is 2. The van der Waals surface area contributed by atoms with Gasteiger partial charge in [0.25, 0.3) is 0 Å². The number of carbonyl (C=O) groups excluding carboxylic acids is 1. The van der Waals surface area contributed by atoms with Crippen LogP contribution in [0.2, 0.25) is 0 Å². The monoisotopic (exact) mass is 460 g/mol. The molecule has 0 spiro atoms. The van der Waals surface area contributed by atoms with Crippen molar-refractivity contribution in [2.45, 2.75) is 6.92 Å². The number of nitrogens with one attached hydrogen (secondary N) is 2. The standard InChI is InChI=1S/C26H28N4O2S/c1-2-29-16-18-30(19-17-29)22-10-8-21(9-11-22)27-26(33)28-25(31)15-13-23-12-14-24(32-23)20-6-4-3-5-7-20/h3-15H,2,16-19H2,1H3,(H2,27,28,31,33)/b15-13+. The minimum atomic E-state index is -0.324. The average Bonchev–Trinajstić information content (AvgIpc) is 3.33. The van der Waals surface area contributed by atoms with Gasteiger partial charge in [0.15, 0.2) is 5.11 Å². The lowest BCUT2D eigenvalue weighted by atomic mass is 10.2. The molecule has 1 saturated heterocycles. The van der Waals surface area contributed by atoms with E-state index >= 15 is 0 Å².